The van der Waals surface area contributed by atoms with Crippen molar-refractivity contribution in [2.24, 2.45) is 0 Å². The number of nitrogens with one attached hydrogen (secondary N) is 1. The first kappa shape index (κ1) is 13.4. The monoisotopic (exact) mass is 266 g/mol. The highest BCUT2D eigenvalue weighted by Gasteiger charge is 2.34. The smallest absolute Gasteiger partial charge is 0.232 e. The average molecular weight is 266 g/mol. The molecule has 1 aromatic carbocycles. The van der Waals surface area contributed by atoms with Crippen molar-refractivity contribution in [2.75, 3.05) is 0 Å². The van der Waals surface area contributed by atoms with E-state index < -0.39 is 0 Å². The molecule has 1 aliphatic heterocycles. The van der Waals surface area contributed by atoms with Crippen LogP contribution < -0.4 is 5.43 Å². The Balaban J connectivity index is 2.20. The summed E-state index contributed by atoms with van der Waals surface area (Å²) in [5.41, 5.74) is 3.85. The largest absolute Gasteiger partial charge is 0.274 e. The molecule has 2 rings (SSSR count). The van der Waals surface area contributed by atoms with E-state index in [0.29, 0.717) is 5.25 Å². The summed E-state index contributed by atoms with van der Waals surface area (Å²) < 4.78 is 0. The minimum atomic E-state index is -0.127. The predicted octanol–water partition coefficient (Wildman–Crippen LogP) is 2.49. The fraction of sp³-hybridized carbons (Fsp3) is 0.462. The lowest BCUT2D eigenvalue weighted by Gasteiger charge is -2.40. The van der Waals surface area contributed by atoms with Crippen molar-refractivity contribution in [3.63, 3.8) is 0 Å². The number of benzene rings is 1. The molecule has 0 bridgehead atoms. The molecule has 3 atom stereocenters. The molecule has 0 aliphatic carbocycles. The highest BCUT2D eigenvalue weighted by atomic mass is 32.2. The lowest BCUT2D eigenvalue weighted by molar-refractivity contribution is -0.238. The number of carbonyl (C=O) groups is 1. The Kier molecular flexibility index (Phi) is 4.27. The zero-order valence-electron chi connectivity index (χ0n) is 10.8. The maximum absolute atomic E-state index is 11.2. The van der Waals surface area contributed by atoms with Gasteiger partial charge in [0.05, 0.1) is 6.10 Å². The van der Waals surface area contributed by atoms with Crippen LogP contribution in [0.1, 0.15) is 31.7 Å². The fourth-order valence-corrected chi connectivity index (χ4v) is 2.97. The number of nitrogens with zero attached hydrogens (tertiary/aromatic N) is 1. The molecule has 1 heterocycles. The van der Waals surface area contributed by atoms with Crippen molar-refractivity contribution < 1.29 is 9.63 Å². The molecule has 0 spiro atoms. The lowest BCUT2D eigenvalue weighted by Crippen LogP contribution is -2.49. The van der Waals surface area contributed by atoms with E-state index in [0.717, 1.165) is 5.56 Å². The molecule has 0 aromatic heterocycles. The topological polar surface area (TPSA) is 41.6 Å². The van der Waals surface area contributed by atoms with Gasteiger partial charge in [-0.25, -0.2) is 0 Å². The Morgan fingerprint density at radius 2 is 2.00 bits per heavy atom. The fourth-order valence-electron chi connectivity index (χ4n) is 1.76. The number of hydrazine groups is 1. The molecule has 1 aliphatic rings. The summed E-state index contributed by atoms with van der Waals surface area (Å²) in [4.78, 5) is 17.0. The highest BCUT2D eigenvalue weighted by molar-refractivity contribution is 8.00. The van der Waals surface area contributed by atoms with Crippen molar-refractivity contribution >= 4 is 17.7 Å². The molecular formula is C13H18N2O2S. The summed E-state index contributed by atoms with van der Waals surface area (Å²) >= 11 is 1.78. The molecule has 1 aromatic rings. The molecule has 1 N–H and O–H groups in total. The second-order valence-electron chi connectivity index (χ2n) is 4.41. The highest BCUT2D eigenvalue weighted by Crippen LogP contribution is 2.40. The SMILES string of the molecule is CC(=O)NN1OC(C)C(C)SC1c1ccccc1. The van der Waals surface area contributed by atoms with Gasteiger partial charge in [0.2, 0.25) is 5.91 Å². The molecule has 0 radical (unpaired) electrons. The van der Waals surface area contributed by atoms with Crippen molar-refractivity contribution in [2.45, 2.75) is 37.5 Å². The minimum Gasteiger partial charge on any atom is -0.274 e. The molecule has 1 amide bonds. The Hall–Kier alpha value is -1.04. The van der Waals surface area contributed by atoms with Crippen LogP contribution in [-0.4, -0.2) is 22.4 Å². The zero-order chi connectivity index (χ0) is 13.1. The lowest BCUT2D eigenvalue weighted by atomic mass is 10.2. The van der Waals surface area contributed by atoms with Gasteiger partial charge in [-0.2, -0.15) is 0 Å². The van der Waals surface area contributed by atoms with Crippen LogP contribution in [0.3, 0.4) is 0 Å². The number of thioether (sulfide) groups is 1. The van der Waals surface area contributed by atoms with E-state index in [2.05, 4.69) is 12.3 Å². The van der Waals surface area contributed by atoms with Crippen LogP contribution in [0.25, 0.3) is 0 Å². The van der Waals surface area contributed by atoms with E-state index in [1.807, 2.05) is 37.3 Å². The third-order valence-electron chi connectivity index (χ3n) is 2.85. The predicted molar refractivity (Wildman–Crippen MR) is 72.4 cm³/mol. The van der Waals surface area contributed by atoms with Crippen LogP contribution in [0, 0.1) is 0 Å². The molecule has 4 nitrogen and oxygen atoms in total. The van der Waals surface area contributed by atoms with Crippen LogP contribution >= 0.6 is 11.8 Å². The number of carbonyl (C=O) groups excluding carboxylic acids is 1. The van der Waals surface area contributed by atoms with Gasteiger partial charge in [-0.1, -0.05) is 42.4 Å². The van der Waals surface area contributed by atoms with E-state index in [-0.39, 0.29) is 17.4 Å². The van der Waals surface area contributed by atoms with Gasteiger partial charge in [-0.3, -0.25) is 15.1 Å². The normalized spacial score (nSPS) is 28.9. The molecule has 0 saturated carbocycles. The van der Waals surface area contributed by atoms with Gasteiger partial charge in [0, 0.05) is 12.2 Å². The van der Waals surface area contributed by atoms with Crippen LogP contribution in [0.15, 0.2) is 30.3 Å². The average Bonchev–Trinajstić information content (AvgIpc) is 2.34. The second-order valence-corrected chi connectivity index (χ2v) is 5.87. The Labute approximate surface area is 112 Å². The molecule has 18 heavy (non-hydrogen) atoms. The summed E-state index contributed by atoms with van der Waals surface area (Å²) in [5.74, 6) is -0.127. The van der Waals surface area contributed by atoms with E-state index in [1.165, 1.54) is 6.92 Å². The van der Waals surface area contributed by atoms with Crippen molar-refractivity contribution in [1.29, 1.82) is 0 Å². The van der Waals surface area contributed by atoms with Crippen LogP contribution in [0.5, 0.6) is 0 Å². The molecular weight excluding hydrogens is 248 g/mol. The van der Waals surface area contributed by atoms with Gasteiger partial charge in [0.25, 0.3) is 0 Å². The van der Waals surface area contributed by atoms with Gasteiger partial charge in [0.1, 0.15) is 5.37 Å². The zero-order valence-corrected chi connectivity index (χ0v) is 11.6. The summed E-state index contributed by atoms with van der Waals surface area (Å²) in [7, 11) is 0. The second kappa shape index (κ2) is 5.73. The van der Waals surface area contributed by atoms with E-state index in [4.69, 9.17) is 4.84 Å². The first-order valence-corrected chi connectivity index (χ1v) is 6.96. The number of hydrogen-bond donors (Lipinski definition) is 1. The van der Waals surface area contributed by atoms with Crippen LogP contribution in [0.4, 0.5) is 0 Å². The molecule has 98 valence electrons. The standard InChI is InChI=1S/C13H18N2O2S/c1-9-10(2)18-13(12-7-5-4-6-8-12)15(17-9)14-11(3)16/h4-10,13H,1-3H3,(H,14,16). The Morgan fingerprint density at radius 1 is 1.33 bits per heavy atom. The molecule has 5 heteroatoms. The maximum Gasteiger partial charge on any atom is 0.232 e. The summed E-state index contributed by atoms with van der Waals surface area (Å²) in [5, 5.41) is 1.93. The Bertz CT molecular complexity index is 413. The maximum atomic E-state index is 11.2. The van der Waals surface area contributed by atoms with E-state index in [1.54, 1.807) is 16.9 Å². The van der Waals surface area contributed by atoms with Gasteiger partial charge in [-0.15, -0.1) is 11.8 Å². The van der Waals surface area contributed by atoms with Gasteiger partial charge in [0.15, 0.2) is 0 Å². The number of rotatable bonds is 2. The van der Waals surface area contributed by atoms with Crippen LogP contribution in [0.2, 0.25) is 0 Å². The van der Waals surface area contributed by atoms with Crippen LogP contribution in [-0.2, 0) is 9.63 Å². The van der Waals surface area contributed by atoms with Crippen molar-refractivity contribution in [1.82, 2.24) is 10.6 Å². The van der Waals surface area contributed by atoms with Gasteiger partial charge < -0.3 is 0 Å². The third-order valence-corrected chi connectivity index (χ3v) is 4.38. The first-order valence-electron chi connectivity index (χ1n) is 6.01. The van der Waals surface area contributed by atoms with Gasteiger partial charge >= 0.3 is 0 Å². The quantitative estimate of drug-likeness (QED) is 0.893. The molecule has 1 fully saturated rings. The summed E-state index contributed by atoms with van der Waals surface area (Å²) in [6, 6.07) is 10.0. The van der Waals surface area contributed by atoms with E-state index >= 15 is 0 Å². The third kappa shape index (κ3) is 3.04. The summed E-state index contributed by atoms with van der Waals surface area (Å²) in [6.07, 6.45) is 0.0711. The van der Waals surface area contributed by atoms with E-state index in [9.17, 15) is 4.79 Å². The summed E-state index contributed by atoms with van der Waals surface area (Å²) in [6.45, 7) is 5.63. The number of hydroxylamine groups is 1. The number of amides is 1. The van der Waals surface area contributed by atoms with Crippen molar-refractivity contribution in [3.8, 4) is 0 Å². The molecule has 1 saturated heterocycles. The number of hydrogen-bond acceptors (Lipinski definition) is 4. The van der Waals surface area contributed by atoms with Gasteiger partial charge in [-0.05, 0) is 12.5 Å². The minimum absolute atomic E-state index is 0.0127. The Morgan fingerprint density at radius 3 is 2.61 bits per heavy atom. The van der Waals surface area contributed by atoms with Crippen molar-refractivity contribution in [3.05, 3.63) is 35.9 Å². The first-order chi connectivity index (χ1) is 8.58. The molecule has 3 unspecified atom stereocenters.